The Morgan fingerprint density at radius 1 is 1.64 bits per heavy atom. The smallest absolute Gasteiger partial charge is 0.320 e. The van der Waals surface area contributed by atoms with E-state index in [0.29, 0.717) is 9.13 Å². The molecule has 3 N–H and O–H groups in total. The molecule has 3 nitrogen and oxygen atoms in total. The van der Waals surface area contributed by atoms with Crippen molar-refractivity contribution in [3.05, 3.63) is 33.1 Å². The molecule has 0 amide bonds. The minimum Gasteiger partial charge on any atom is -0.480 e. The molecule has 0 heterocycles. The highest BCUT2D eigenvalue weighted by atomic mass is 127. The molecule has 0 fully saturated rings. The van der Waals surface area contributed by atoms with E-state index in [0.717, 1.165) is 0 Å². The molecule has 0 aliphatic rings. The zero-order valence-corrected chi connectivity index (χ0v) is 9.36. The maximum atomic E-state index is 13.0. The van der Waals surface area contributed by atoms with E-state index in [1.165, 1.54) is 6.07 Å². The lowest BCUT2D eigenvalue weighted by atomic mass is 10.1. The summed E-state index contributed by atoms with van der Waals surface area (Å²) in [6.45, 7) is 0. The summed E-state index contributed by atoms with van der Waals surface area (Å²) in [7, 11) is 0. The topological polar surface area (TPSA) is 63.3 Å². The van der Waals surface area contributed by atoms with Crippen LogP contribution in [0.5, 0.6) is 0 Å². The standard InChI is InChI=1S/C9H9FINO2/c10-6-3-5(1-2-7(6)11)4-8(12)9(13)14/h1-3,8H,4,12H2,(H,13,14). The van der Waals surface area contributed by atoms with Gasteiger partial charge in [-0.25, -0.2) is 4.39 Å². The van der Waals surface area contributed by atoms with Gasteiger partial charge in [0.2, 0.25) is 0 Å². The highest BCUT2D eigenvalue weighted by Crippen LogP contribution is 2.13. The summed E-state index contributed by atoms with van der Waals surface area (Å²) in [5.41, 5.74) is 5.91. The average Bonchev–Trinajstić information content (AvgIpc) is 2.11. The van der Waals surface area contributed by atoms with Crippen LogP contribution in [0.2, 0.25) is 0 Å². The van der Waals surface area contributed by atoms with E-state index in [4.69, 9.17) is 10.8 Å². The summed E-state index contributed by atoms with van der Waals surface area (Å²) >= 11 is 1.87. The maximum absolute atomic E-state index is 13.0. The van der Waals surface area contributed by atoms with Crippen molar-refractivity contribution in [3.8, 4) is 0 Å². The number of rotatable bonds is 3. The van der Waals surface area contributed by atoms with E-state index in [2.05, 4.69) is 0 Å². The minimum absolute atomic E-state index is 0.142. The van der Waals surface area contributed by atoms with E-state index < -0.39 is 12.0 Å². The third kappa shape index (κ3) is 2.91. The van der Waals surface area contributed by atoms with Gasteiger partial charge in [-0.3, -0.25) is 4.79 Å². The van der Waals surface area contributed by atoms with Crippen LogP contribution >= 0.6 is 22.6 Å². The van der Waals surface area contributed by atoms with Crippen LogP contribution in [0, 0.1) is 9.39 Å². The molecule has 0 aromatic heterocycles. The first kappa shape index (κ1) is 11.4. The average molecular weight is 309 g/mol. The number of nitrogens with two attached hydrogens (primary N) is 1. The third-order valence-corrected chi connectivity index (χ3v) is 2.63. The van der Waals surface area contributed by atoms with Crippen molar-refractivity contribution in [2.24, 2.45) is 5.73 Å². The van der Waals surface area contributed by atoms with Crippen LogP contribution in [0.1, 0.15) is 5.56 Å². The van der Waals surface area contributed by atoms with Gasteiger partial charge in [0.05, 0.1) is 0 Å². The molecule has 1 rings (SSSR count). The van der Waals surface area contributed by atoms with Crippen molar-refractivity contribution in [2.75, 3.05) is 0 Å². The summed E-state index contributed by atoms with van der Waals surface area (Å²) in [5, 5.41) is 8.55. The second-order valence-electron chi connectivity index (χ2n) is 2.90. The van der Waals surface area contributed by atoms with Crippen LogP contribution in [0.25, 0.3) is 0 Å². The summed E-state index contributed by atoms with van der Waals surface area (Å²) in [4.78, 5) is 10.4. The van der Waals surface area contributed by atoms with Crippen molar-refractivity contribution < 1.29 is 14.3 Å². The number of hydrogen-bond donors (Lipinski definition) is 2. The Balaban J connectivity index is 2.78. The molecule has 0 aliphatic carbocycles. The molecular formula is C9H9FINO2. The molecule has 1 aromatic rings. The lowest BCUT2D eigenvalue weighted by molar-refractivity contribution is -0.138. The van der Waals surface area contributed by atoms with E-state index >= 15 is 0 Å². The highest BCUT2D eigenvalue weighted by Gasteiger charge is 2.12. The maximum Gasteiger partial charge on any atom is 0.320 e. The van der Waals surface area contributed by atoms with Gasteiger partial charge in [0.25, 0.3) is 0 Å². The number of carbonyl (C=O) groups is 1. The quantitative estimate of drug-likeness (QED) is 0.829. The Kier molecular flexibility index (Phi) is 3.82. The second kappa shape index (κ2) is 4.70. The number of halogens is 2. The van der Waals surface area contributed by atoms with E-state index in [1.54, 1.807) is 12.1 Å². The Hall–Kier alpha value is -0.690. The normalized spacial score (nSPS) is 12.5. The van der Waals surface area contributed by atoms with Gasteiger partial charge in [-0.1, -0.05) is 6.07 Å². The van der Waals surface area contributed by atoms with Crippen molar-refractivity contribution >= 4 is 28.6 Å². The van der Waals surface area contributed by atoms with Gasteiger partial charge in [-0.15, -0.1) is 0 Å². The molecule has 1 atom stereocenters. The Labute approximate surface area is 94.2 Å². The lowest BCUT2D eigenvalue weighted by Gasteiger charge is -2.06. The zero-order chi connectivity index (χ0) is 10.7. The van der Waals surface area contributed by atoms with Crippen LogP contribution in [0.3, 0.4) is 0 Å². The number of carboxylic acids is 1. The number of hydrogen-bond acceptors (Lipinski definition) is 2. The fourth-order valence-electron chi connectivity index (χ4n) is 1.01. The second-order valence-corrected chi connectivity index (χ2v) is 4.06. The van der Waals surface area contributed by atoms with Crippen LogP contribution in [0.15, 0.2) is 18.2 Å². The van der Waals surface area contributed by atoms with Crippen LogP contribution in [-0.2, 0) is 11.2 Å². The van der Waals surface area contributed by atoms with Gasteiger partial charge in [0.15, 0.2) is 0 Å². The molecule has 0 saturated carbocycles. The van der Waals surface area contributed by atoms with Gasteiger partial charge in [-0.2, -0.15) is 0 Å². The lowest BCUT2D eigenvalue weighted by Crippen LogP contribution is -2.32. The van der Waals surface area contributed by atoms with Crippen LogP contribution in [-0.4, -0.2) is 17.1 Å². The molecule has 1 unspecified atom stereocenters. The molecule has 14 heavy (non-hydrogen) atoms. The number of benzene rings is 1. The Bertz CT molecular complexity index is 357. The fourth-order valence-corrected chi connectivity index (χ4v) is 1.34. The molecule has 0 spiro atoms. The molecule has 0 aliphatic heterocycles. The summed E-state index contributed by atoms with van der Waals surface area (Å²) in [5.74, 6) is -1.43. The van der Waals surface area contributed by atoms with Crippen molar-refractivity contribution in [1.82, 2.24) is 0 Å². The number of carboxylic acid groups (broad SMARTS) is 1. The van der Waals surface area contributed by atoms with Crippen LogP contribution < -0.4 is 5.73 Å². The van der Waals surface area contributed by atoms with E-state index in [-0.39, 0.29) is 12.2 Å². The molecule has 0 bridgehead atoms. The number of aliphatic carboxylic acids is 1. The first-order chi connectivity index (χ1) is 6.50. The molecular weight excluding hydrogens is 300 g/mol. The van der Waals surface area contributed by atoms with Crippen molar-refractivity contribution in [2.45, 2.75) is 12.5 Å². The molecule has 5 heteroatoms. The SMILES string of the molecule is NC(Cc1ccc(I)c(F)c1)C(=O)O. The summed E-state index contributed by atoms with van der Waals surface area (Å²) < 4.78 is 13.5. The largest absolute Gasteiger partial charge is 0.480 e. The van der Waals surface area contributed by atoms with E-state index in [1.807, 2.05) is 22.6 Å². The molecule has 76 valence electrons. The fraction of sp³-hybridized carbons (Fsp3) is 0.222. The predicted molar refractivity (Wildman–Crippen MR) is 58.4 cm³/mol. The van der Waals surface area contributed by atoms with Crippen molar-refractivity contribution in [1.29, 1.82) is 0 Å². The van der Waals surface area contributed by atoms with Gasteiger partial charge in [0.1, 0.15) is 11.9 Å². The Morgan fingerprint density at radius 3 is 2.79 bits per heavy atom. The molecule has 1 aromatic carbocycles. The minimum atomic E-state index is -1.08. The highest BCUT2D eigenvalue weighted by molar-refractivity contribution is 14.1. The van der Waals surface area contributed by atoms with Crippen molar-refractivity contribution in [3.63, 3.8) is 0 Å². The predicted octanol–water partition coefficient (Wildman–Crippen LogP) is 1.38. The summed E-state index contributed by atoms with van der Waals surface area (Å²) in [6, 6.07) is 3.60. The van der Waals surface area contributed by atoms with Crippen LogP contribution in [0.4, 0.5) is 4.39 Å². The van der Waals surface area contributed by atoms with Gasteiger partial charge in [-0.05, 0) is 46.7 Å². The molecule has 0 radical (unpaired) electrons. The summed E-state index contributed by atoms with van der Waals surface area (Å²) in [6.07, 6.45) is 0.142. The molecule has 0 saturated heterocycles. The van der Waals surface area contributed by atoms with Gasteiger partial charge < -0.3 is 10.8 Å². The zero-order valence-electron chi connectivity index (χ0n) is 7.21. The van der Waals surface area contributed by atoms with E-state index in [9.17, 15) is 9.18 Å². The first-order valence-corrected chi connectivity index (χ1v) is 5.01. The first-order valence-electron chi connectivity index (χ1n) is 3.93. The third-order valence-electron chi connectivity index (χ3n) is 1.76. The Morgan fingerprint density at radius 2 is 2.29 bits per heavy atom. The van der Waals surface area contributed by atoms with Gasteiger partial charge >= 0.3 is 5.97 Å². The monoisotopic (exact) mass is 309 g/mol. The van der Waals surface area contributed by atoms with Gasteiger partial charge in [0, 0.05) is 3.57 Å².